The molecule has 4 amide bonds. The van der Waals surface area contributed by atoms with E-state index in [4.69, 9.17) is 0 Å². The number of nitrogens with one attached hydrogen (secondary N) is 1. The fraction of sp³-hybridized carbons (Fsp3) is 0.429. The van der Waals surface area contributed by atoms with E-state index in [1.165, 1.54) is 19.0 Å². The standard InChI is InChI=1S/C14H18N4O3/c1-4-9-6-5-7-11(15-9)16-12(19)8-10-13(20)18(3)14(21)17(10)2/h5-7,10H,4,8H2,1-3H3,(H,15,16,19). The molecule has 7 nitrogen and oxygen atoms in total. The van der Waals surface area contributed by atoms with Crippen LogP contribution in [0.5, 0.6) is 0 Å². The smallest absolute Gasteiger partial charge is 0.315 e. The highest BCUT2D eigenvalue weighted by Crippen LogP contribution is 2.17. The molecule has 1 atom stereocenters. The molecule has 1 aromatic rings. The summed E-state index contributed by atoms with van der Waals surface area (Å²) in [6.45, 7) is 1.97. The maximum absolute atomic E-state index is 12.0. The summed E-state index contributed by atoms with van der Waals surface area (Å²) in [6, 6.07) is 4.22. The fourth-order valence-electron chi connectivity index (χ4n) is 2.19. The van der Waals surface area contributed by atoms with E-state index < -0.39 is 12.1 Å². The normalized spacial score (nSPS) is 18.3. The van der Waals surface area contributed by atoms with Crippen molar-refractivity contribution in [1.29, 1.82) is 0 Å². The Hall–Kier alpha value is -2.44. The largest absolute Gasteiger partial charge is 0.326 e. The fourth-order valence-corrected chi connectivity index (χ4v) is 2.19. The van der Waals surface area contributed by atoms with Gasteiger partial charge in [-0.3, -0.25) is 14.5 Å². The number of rotatable bonds is 4. The van der Waals surface area contributed by atoms with Gasteiger partial charge in [-0.15, -0.1) is 0 Å². The number of carbonyl (C=O) groups excluding carboxylic acids is 3. The summed E-state index contributed by atoms with van der Waals surface area (Å²) < 4.78 is 0. The molecule has 1 aromatic heterocycles. The molecule has 0 aromatic carbocycles. The molecule has 21 heavy (non-hydrogen) atoms. The number of urea groups is 1. The molecule has 0 aliphatic carbocycles. The second kappa shape index (κ2) is 5.90. The predicted octanol–water partition coefficient (Wildman–Crippen LogP) is 0.865. The summed E-state index contributed by atoms with van der Waals surface area (Å²) in [6.07, 6.45) is 0.691. The quantitative estimate of drug-likeness (QED) is 0.834. The molecule has 1 unspecified atom stereocenters. The van der Waals surface area contributed by atoms with E-state index in [-0.39, 0.29) is 18.2 Å². The highest BCUT2D eigenvalue weighted by molar-refractivity contribution is 6.06. The third-order valence-corrected chi connectivity index (χ3v) is 3.49. The zero-order chi connectivity index (χ0) is 15.6. The maximum atomic E-state index is 12.0. The minimum Gasteiger partial charge on any atom is -0.315 e. The molecule has 7 heteroatoms. The van der Waals surface area contributed by atoms with Gasteiger partial charge in [-0.05, 0) is 18.6 Å². The van der Waals surface area contributed by atoms with E-state index in [9.17, 15) is 14.4 Å². The number of aromatic nitrogens is 1. The predicted molar refractivity (Wildman–Crippen MR) is 76.6 cm³/mol. The van der Waals surface area contributed by atoms with E-state index in [1.807, 2.05) is 19.1 Å². The van der Waals surface area contributed by atoms with Gasteiger partial charge in [-0.1, -0.05) is 13.0 Å². The maximum Gasteiger partial charge on any atom is 0.326 e. The molecule has 0 bridgehead atoms. The number of anilines is 1. The van der Waals surface area contributed by atoms with Crippen molar-refractivity contribution in [2.45, 2.75) is 25.8 Å². The highest BCUT2D eigenvalue weighted by Gasteiger charge is 2.41. The SMILES string of the molecule is CCc1cccc(NC(=O)CC2C(=O)N(C)C(=O)N2C)n1. The first-order valence-electron chi connectivity index (χ1n) is 6.74. The van der Waals surface area contributed by atoms with E-state index >= 15 is 0 Å². The topological polar surface area (TPSA) is 82.6 Å². The van der Waals surface area contributed by atoms with Crippen molar-refractivity contribution in [2.75, 3.05) is 19.4 Å². The van der Waals surface area contributed by atoms with E-state index in [0.29, 0.717) is 5.82 Å². The monoisotopic (exact) mass is 290 g/mol. The van der Waals surface area contributed by atoms with Gasteiger partial charge in [-0.25, -0.2) is 9.78 Å². The molecule has 0 spiro atoms. The lowest BCUT2D eigenvalue weighted by atomic mass is 10.2. The molecule has 1 aliphatic rings. The Bertz CT molecular complexity index is 587. The lowest BCUT2D eigenvalue weighted by Gasteiger charge is -2.15. The second-order valence-corrected chi connectivity index (χ2v) is 4.93. The van der Waals surface area contributed by atoms with Gasteiger partial charge >= 0.3 is 6.03 Å². The average molecular weight is 290 g/mol. The van der Waals surface area contributed by atoms with Crippen molar-refractivity contribution < 1.29 is 14.4 Å². The average Bonchev–Trinajstić information content (AvgIpc) is 2.65. The van der Waals surface area contributed by atoms with Gasteiger partial charge in [0.1, 0.15) is 11.9 Å². The lowest BCUT2D eigenvalue weighted by Crippen LogP contribution is -2.35. The Morgan fingerprint density at radius 1 is 1.33 bits per heavy atom. The first kappa shape index (κ1) is 15.0. The van der Waals surface area contributed by atoms with Gasteiger partial charge in [-0.2, -0.15) is 0 Å². The number of hydrogen-bond donors (Lipinski definition) is 1. The molecule has 1 saturated heterocycles. The Balaban J connectivity index is 2.02. The van der Waals surface area contributed by atoms with Crippen molar-refractivity contribution in [2.24, 2.45) is 0 Å². The van der Waals surface area contributed by atoms with Gasteiger partial charge in [0, 0.05) is 19.8 Å². The summed E-state index contributed by atoms with van der Waals surface area (Å²) >= 11 is 0. The van der Waals surface area contributed by atoms with Gasteiger partial charge < -0.3 is 10.2 Å². The van der Waals surface area contributed by atoms with E-state index in [2.05, 4.69) is 10.3 Å². The van der Waals surface area contributed by atoms with Crippen LogP contribution in [0, 0.1) is 0 Å². The summed E-state index contributed by atoms with van der Waals surface area (Å²) in [5.74, 6) is -0.260. The number of imide groups is 1. The molecule has 1 N–H and O–H groups in total. The minimum atomic E-state index is -0.753. The number of carbonyl (C=O) groups is 3. The van der Waals surface area contributed by atoms with Gasteiger partial charge in [0.05, 0.1) is 6.42 Å². The van der Waals surface area contributed by atoms with Crippen LogP contribution in [0.15, 0.2) is 18.2 Å². The van der Waals surface area contributed by atoms with Crippen LogP contribution >= 0.6 is 0 Å². The molecule has 2 heterocycles. The Morgan fingerprint density at radius 3 is 2.62 bits per heavy atom. The molecule has 0 saturated carbocycles. The number of pyridine rings is 1. The Kier molecular flexibility index (Phi) is 4.21. The third-order valence-electron chi connectivity index (χ3n) is 3.49. The summed E-state index contributed by atoms with van der Waals surface area (Å²) in [5.41, 5.74) is 0.872. The zero-order valence-corrected chi connectivity index (χ0v) is 12.3. The van der Waals surface area contributed by atoms with Crippen molar-refractivity contribution >= 4 is 23.7 Å². The molecule has 1 fully saturated rings. The molecular weight excluding hydrogens is 272 g/mol. The minimum absolute atomic E-state index is 0.0799. The molecule has 2 rings (SSSR count). The van der Waals surface area contributed by atoms with Crippen LogP contribution in [0.25, 0.3) is 0 Å². The van der Waals surface area contributed by atoms with Crippen molar-refractivity contribution in [3.63, 3.8) is 0 Å². The van der Waals surface area contributed by atoms with Crippen molar-refractivity contribution in [3.05, 3.63) is 23.9 Å². The lowest BCUT2D eigenvalue weighted by molar-refractivity contribution is -0.129. The van der Waals surface area contributed by atoms with E-state index in [1.54, 1.807) is 6.07 Å². The third kappa shape index (κ3) is 3.01. The van der Waals surface area contributed by atoms with Crippen LogP contribution in [-0.2, 0) is 16.0 Å². The first-order chi connectivity index (χ1) is 9.93. The van der Waals surface area contributed by atoms with E-state index in [0.717, 1.165) is 17.0 Å². The Labute approximate surface area is 122 Å². The van der Waals surface area contributed by atoms with Gasteiger partial charge in [0.2, 0.25) is 5.91 Å². The highest BCUT2D eigenvalue weighted by atomic mass is 16.2. The van der Waals surface area contributed by atoms with Crippen LogP contribution in [-0.4, -0.2) is 52.8 Å². The second-order valence-electron chi connectivity index (χ2n) is 4.93. The molecule has 0 radical (unpaired) electrons. The number of aryl methyl sites for hydroxylation is 1. The van der Waals surface area contributed by atoms with Crippen molar-refractivity contribution in [1.82, 2.24) is 14.8 Å². The Morgan fingerprint density at radius 2 is 2.05 bits per heavy atom. The summed E-state index contributed by atoms with van der Waals surface area (Å²) in [5, 5.41) is 2.66. The zero-order valence-electron chi connectivity index (χ0n) is 12.3. The van der Waals surface area contributed by atoms with Gasteiger partial charge in [0.15, 0.2) is 0 Å². The first-order valence-corrected chi connectivity index (χ1v) is 6.74. The molecular formula is C14H18N4O3. The van der Waals surface area contributed by atoms with Crippen LogP contribution < -0.4 is 5.32 Å². The van der Waals surface area contributed by atoms with Crippen LogP contribution in [0.4, 0.5) is 10.6 Å². The number of nitrogens with zero attached hydrogens (tertiary/aromatic N) is 3. The molecule has 1 aliphatic heterocycles. The van der Waals surface area contributed by atoms with Crippen LogP contribution in [0.2, 0.25) is 0 Å². The van der Waals surface area contributed by atoms with Crippen LogP contribution in [0.1, 0.15) is 19.0 Å². The number of likely N-dealkylation sites (N-methyl/N-ethyl adjacent to an activating group) is 2. The van der Waals surface area contributed by atoms with Gasteiger partial charge in [0.25, 0.3) is 5.91 Å². The van der Waals surface area contributed by atoms with Crippen molar-refractivity contribution in [3.8, 4) is 0 Å². The summed E-state index contributed by atoms with van der Waals surface area (Å²) in [7, 11) is 2.92. The number of hydrogen-bond acceptors (Lipinski definition) is 4. The van der Waals surface area contributed by atoms with Crippen LogP contribution in [0.3, 0.4) is 0 Å². The molecule has 112 valence electrons. The summed E-state index contributed by atoms with van der Waals surface area (Å²) in [4.78, 5) is 42.1. The number of amides is 4.